The lowest BCUT2D eigenvalue weighted by Crippen LogP contribution is -2.90. The predicted octanol–water partition coefficient (Wildman–Crippen LogP) is -0.727. The smallest absolute Gasteiger partial charge is 0.229 e. The maximum Gasteiger partial charge on any atom is 0.229 e. The molecule has 0 bridgehead atoms. The summed E-state index contributed by atoms with van der Waals surface area (Å²) in [5, 5.41) is 33.7. The average molecular weight is 542 g/mol. The number of ether oxygens (including phenoxy) is 2. The number of Topliss-reactive ketones (excluding diaryl/α,β-unsaturated/α-hetero) is 4. The number of hydrogen-bond acceptors (Lipinski definition) is 13. The number of hydrogen-bond donors (Lipinski definition) is 4. The minimum Gasteiger partial charge on any atom is -0.462 e. The minimum atomic E-state index is -3.41. The number of nitrogens with zero attached hydrogens (tertiary/aromatic N) is 1. The molecular weight excluding hydrogens is 516 g/mol. The van der Waals surface area contributed by atoms with Crippen LogP contribution in [-0.2, 0) is 23.9 Å². The van der Waals surface area contributed by atoms with Gasteiger partial charge in [0.05, 0.1) is 0 Å². The first-order chi connectivity index (χ1) is 18.1. The van der Waals surface area contributed by atoms with Crippen LogP contribution in [-0.4, -0.2) is 78.7 Å². The van der Waals surface area contributed by atoms with Crippen LogP contribution in [0.4, 0.5) is 0 Å². The number of carbonyl (C=O) groups excluding carboxylic acids is 4. The summed E-state index contributed by atoms with van der Waals surface area (Å²) >= 11 is 0. The highest BCUT2D eigenvalue weighted by molar-refractivity contribution is 6.06. The van der Waals surface area contributed by atoms with Crippen LogP contribution in [0.3, 0.4) is 0 Å². The van der Waals surface area contributed by atoms with Gasteiger partial charge in [-0.25, -0.2) is 4.98 Å². The molecule has 13 heteroatoms. The number of aliphatic hydroxyl groups excluding tert-OH is 1. The molecule has 2 heterocycles. The Kier molecular flexibility index (Phi) is 6.78. The molecule has 5 N–H and O–H groups in total. The van der Waals surface area contributed by atoms with Crippen molar-refractivity contribution in [1.29, 1.82) is 0 Å². The molecule has 1 fully saturated rings. The van der Waals surface area contributed by atoms with Crippen molar-refractivity contribution in [2.24, 2.45) is 5.73 Å². The second-order valence-electron chi connectivity index (χ2n) is 9.55. The molecule has 0 aromatic heterocycles. The first-order valence-corrected chi connectivity index (χ1v) is 11.7. The third-order valence-electron chi connectivity index (χ3n) is 7.10. The zero-order valence-electron chi connectivity index (χ0n) is 21.3. The van der Waals surface area contributed by atoms with E-state index < -0.39 is 58.4 Å². The molecule has 3 aliphatic rings. The molecule has 1 unspecified atom stereocenters. The second kappa shape index (κ2) is 9.39. The third kappa shape index (κ3) is 3.97. The Morgan fingerprint density at radius 3 is 2.23 bits per heavy atom. The maximum atomic E-state index is 12.9. The molecule has 39 heavy (non-hydrogen) atoms. The Morgan fingerprint density at radius 1 is 1.00 bits per heavy atom. The molecule has 6 atom stereocenters. The Labute approximate surface area is 220 Å². The van der Waals surface area contributed by atoms with Crippen LogP contribution < -0.4 is 15.9 Å². The SMILES string of the molecule is CC(=O)C(O)[C@H]1O[C@@H](Oc2ccc3nc4ccc(=O)cc-4oc3c2)[C@@](N)(C(C)=O)[C@](O)(C(C)=O)[C@@]1(O)C(C)=O. The number of nitrogens with two attached hydrogens (primary N) is 1. The minimum absolute atomic E-state index is 0.109. The Morgan fingerprint density at radius 2 is 1.67 bits per heavy atom. The van der Waals surface area contributed by atoms with Crippen molar-refractivity contribution in [2.45, 2.75) is 62.9 Å². The van der Waals surface area contributed by atoms with E-state index in [-0.39, 0.29) is 22.5 Å². The summed E-state index contributed by atoms with van der Waals surface area (Å²) < 4.78 is 17.1. The number of rotatable bonds is 7. The molecule has 206 valence electrons. The normalized spacial score (nSPS) is 29.6. The molecule has 0 spiro atoms. The fraction of sp³-hybridized carbons (Fsp3) is 0.385. The van der Waals surface area contributed by atoms with E-state index in [4.69, 9.17) is 19.6 Å². The monoisotopic (exact) mass is 542 g/mol. The first-order valence-electron chi connectivity index (χ1n) is 11.7. The number of aromatic nitrogens is 1. The van der Waals surface area contributed by atoms with E-state index in [9.17, 15) is 39.3 Å². The molecule has 0 radical (unpaired) electrons. The quantitative estimate of drug-likeness (QED) is 0.271. The van der Waals surface area contributed by atoms with Gasteiger partial charge in [0.2, 0.25) is 6.29 Å². The highest BCUT2D eigenvalue weighted by atomic mass is 16.7. The topological polar surface area (TPSA) is 217 Å². The number of carbonyl (C=O) groups is 4. The van der Waals surface area contributed by atoms with E-state index >= 15 is 0 Å². The highest BCUT2D eigenvalue weighted by Crippen LogP contribution is 2.47. The standard InChI is InChI=1S/C26H26N2O11/c1-11(29)21(34)22-25(35,13(3)31)26(36,14(4)32)24(27,12(2)30)23(39-22)37-16-6-8-18-20(10-16)38-19-9-15(33)5-7-17(19)28-18/h5-10,21-23,34-36H,27H2,1-4H3/t21?,22-,23-,24+,25-,26-/m1/s1. The van der Waals surface area contributed by atoms with Crippen molar-refractivity contribution >= 4 is 34.2 Å². The van der Waals surface area contributed by atoms with E-state index in [0.717, 1.165) is 27.7 Å². The van der Waals surface area contributed by atoms with Gasteiger partial charge in [-0.1, -0.05) is 0 Å². The number of aliphatic hydroxyl groups is 3. The fourth-order valence-corrected chi connectivity index (χ4v) is 4.89. The Bertz CT molecular complexity index is 1550. The van der Waals surface area contributed by atoms with Crippen molar-refractivity contribution in [3.63, 3.8) is 0 Å². The largest absolute Gasteiger partial charge is 0.462 e. The molecule has 1 aromatic rings. The van der Waals surface area contributed by atoms with E-state index in [1.165, 1.54) is 36.4 Å². The highest BCUT2D eigenvalue weighted by Gasteiger charge is 2.79. The molecule has 4 rings (SSSR count). The lowest BCUT2D eigenvalue weighted by atomic mass is 9.59. The maximum absolute atomic E-state index is 12.9. The fourth-order valence-electron chi connectivity index (χ4n) is 4.89. The molecule has 0 amide bonds. The summed E-state index contributed by atoms with van der Waals surface area (Å²) in [6.45, 7) is 3.34. The van der Waals surface area contributed by atoms with Gasteiger partial charge in [0, 0.05) is 12.1 Å². The van der Waals surface area contributed by atoms with Gasteiger partial charge in [-0.05, 0) is 52.0 Å². The van der Waals surface area contributed by atoms with Crippen LogP contribution >= 0.6 is 0 Å². The number of ketones is 4. The van der Waals surface area contributed by atoms with Crippen LogP contribution in [0.25, 0.3) is 22.6 Å². The van der Waals surface area contributed by atoms with Gasteiger partial charge >= 0.3 is 0 Å². The van der Waals surface area contributed by atoms with Gasteiger partial charge in [0.15, 0.2) is 56.6 Å². The van der Waals surface area contributed by atoms with Crippen molar-refractivity contribution < 1.29 is 48.4 Å². The third-order valence-corrected chi connectivity index (χ3v) is 7.10. The van der Waals surface area contributed by atoms with Gasteiger partial charge in [-0.15, -0.1) is 0 Å². The lowest BCUT2D eigenvalue weighted by molar-refractivity contribution is -0.320. The van der Waals surface area contributed by atoms with Crippen molar-refractivity contribution in [3.05, 3.63) is 46.6 Å². The van der Waals surface area contributed by atoms with Gasteiger partial charge < -0.3 is 34.9 Å². The molecular formula is C26H26N2O11. The van der Waals surface area contributed by atoms with Crippen LogP contribution in [0.1, 0.15) is 27.7 Å². The predicted molar refractivity (Wildman–Crippen MR) is 132 cm³/mol. The summed E-state index contributed by atoms with van der Waals surface area (Å²) in [7, 11) is 0. The van der Waals surface area contributed by atoms with Crippen LogP contribution in [0.15, 0.2) is 45.6 Å². The van der Waals surface area contributed by atoms with Crippen molar-refractivity contribution in [1.82, 2.24) is 4.98 Å². The summed E-state index contributed by atoms with van der Waals surface area (Å²) in [5.41, 5.74) is -2.80. The summed E-state index contributed by atoms with van der Waals surface area (Å²) in [6, 6.07) is 8.13. The van der Waals surface area contributed by atoms with E-state index in [1.54, 1.807) is 0 Å². The van der Waals surface area contributed by atoms with Crippen LogP contribution in [0.5, 0.6) is 5.75 Å². The number of fused-ring (bicyclic) bond motifs is 2. The van der Waals surface area contributed by atoms with Crippen molar-refractivity contribution in [3.8, 4) is 17.2 Å². The Hall–Kier alpha value is -3.88. The molecule has 13 nitrogen and oxygen atoms in total. The molecule has 0 saturated carbocycles. The second-order valence-corrected chi connectivity index (χ2v) is 9.55. The van der Waals surface area contributed by atoms with E-state index in [1.807, 2.05) is 0 Å². The van der Waals surface area contributed by atoms with Gasteiger partial charge in [-0.2, -0.15) is 0 Å². The van der Waals surface area contributed by atoms with Gasteiger partial charge in [-0.3, -0.25) is 24.0 Å². The van der Waals surface area contributed by atoms with Crippen molar-refractivity contribution in [2.75, 3.05) is 0 Å². The Balaban J connectivity index is 1.90. The van der Waals surface area contributed by atoms with Crippen LogP contribution in [0, 0.1) is 0 Å². The van der Waals surface area contributed by atoms with Crippen LogP contribution in [0.2, 0.25) is 0 Å². The molecule has 1 aliphatic carbocycles. The summed E-state index contributed by atoms with van der Waals surface area (Å²) in [5.74, 6) is -4.69. The van der Waals surface area contributed by atoms with E-state index in [0.29, 0.717) is 11.2 Å². The first kappa shape index (κ1) is 28.1. The molecule has 2 aliphatic heterocycles. The molecule has 1 saturated heterocycles. The average Bonchev–Trinajstić information content (AvgIpc) is 2.86. The summed E-state index contributed by atoms with van der Waals surface area (Å²) in [6.07, 6.45) is -6.63. The van der Waals surface area contributed by atoms with Gasteiger partial charge in [0.25, 0.3) is 0 Å². The lowest BCUT2D eigenvalue weighted by Gasteiger charge is -2.58. The van der Waals surface area contributed by atoms with E-state index in [2.05, 4.69) is 4.98 Å². The summed E-state index contributed by atoms with van der Waals surface area (Å²) in [4.78, 5) is 66.7. The number of benzene rings is 2. The molecule has 1 aromatic carbocycles. The zero-order valence-corrected chi connectivity index (χ0v) is 21.3. The zero-order chi connectivity index (χ0) is 29.1. The van der Waals surface area contributed by atoms with Gasteiger partial charge in [0.1, 0.15) is 29.2 Å².